The van der Waals surface area contributed by atoms with Gasteiger partial charge in [-0.1, -0.05) is 12.1 Å². The van der Waals surface area contributed by atoms with Gasteiger partial charge in [-0.3, -0.25) is 0 Å². The minimum atomic E-state index is -0.644. The van der Waals surface area contributed by atoms with E-state index in [4.69, 9.17) is 9.84 Å². The normalized spacial score (nSPS) is 12.2. The van der Waals surface area contributed by atoms with E-state index in [9.17, 15) is 5.11 Å². The number of ether oxygens (including phenoxy) is 1. The summed E-state index contributed by atoms with van der Waals surface area (Å²) in [6.45, 7) is 1.62. The van der Waals surface area contributed by atoms with E-state index in [2.05, 4.69) is 4.98 Å². The van der Waals surface area contributed by atoms with E-state index in [1.807, 2.05) is 0 Å². The molecule has 2 rings (SSSR count). The fourth-order valence-electron chi connectivity index (χ4n) is 1.63. The molecule has 0 radical (unpaired) electrons. The summed E-state index contributed by atoms with van der Waals surface area (Å²) < 4.78 is 5.63. The lowest BCUT2D eigenvalue weighted by atomic mass is 10.2. The second-order valence-electron chi connectivity index (χ2n) is 3.98. The van der Waals surface area contributed by atoms with Gasteiger partial charge in [-0.15, -0.1) is 0 Å². The zero-order valence-electron chi connectivity index (χ0n) is 10.1. The number of aromatic nitrogens is 1. The van der Waals surface area contributed by atoms with Gasteiger partial charge < -0.3 is 14.9 Å². The van der Waals surface area contributed by atoms with Gasteiger partial charge in [0.2, 0.25) is 5.88 Å². The first-order valence-corrected chi connectivity index (χ1v) is 5.71. The van der Waals surface area contributed by atoms with Gasteiger partial charge in [0.25, 0.3) is 0 Å². The Bertz CT molecular complexity index is 526. The lowest BCUT2D eigenvalue weighted by Gasteiger charge is -2.11. The summed E-state index contributed by atoms with van der Waals surface area (Å²) in [7, 11) is 0. The third-order valence-electron chi connectivity index (χ3n) is 2.55. The summed E-state index contributed by atoms with van der Waals surface area (Å²) in [6.07, 6.45) is 0.964. The molecule has 0 spiro atoms. The van der Waals surface area contributed by atoms with E-state index in [0.29, 0.717) is 17.2 Å². The monoisotopic (exact) mass is 245 g/mol. The van der Waals surface area contributed by atoms with Crippen molar-refractivity contribution in [3.63, 3.8) is 0 Å². The molecule has 0 amide bonds. The zero-order valence-corrected chi connectivity index (χ0v) is 10.1. The molecule has 1 aromatic carbocycles. The lowest BCUT2D eigenvalue weighted by Crippen LogP contribution is -1.98. The zero-order chi connectivity index (χ0) is 13.0. The van der Waals surface area contributed by atoms with Crippen molar-refractivity contribution < 1.29 is 14.9 Å². The van der Waals surface area contributed by atoms with Gasteiger partial charge in [0.15, 0.2) is 0 Å². The van der Waals surface area contributed by atoms with Gasteiger partial charge in [-0.2, -0.15) is 0 Å². The molecule has 1 aromatic heterocycles. The molecule has 0 saturated heterocycles. The molecule has 94 valence electrons. The topological polar surface area (TPSA) is 62.6 Å². The van der Waals surface area contributed by atoms with Crippen LogP contribution in [0.4, 0.5) is 0 Å². The standard InChI is InChI=1S/C14H15NO3/c1-10(17)13-6-3-7-15-14(13)18-12-5-2-4-11(8-12)9-16/h2-8,10,16-17H,9H2,1H3/t10-/m1/s1. The number of pyridine rings is 1. The summed E-state index contributed by atoms with van der Waals surface area (Å²) >= 11 is 0. The Hall–Kier alpha value is -1.91. The second kappa shape index (κ2) is 5.62. The van der Waals surface area contributed by atoms with E-state index < -0.39 is 6.10 Å². The number of benzene rings is 1. The third-order valence-corrected chi connectivity index (χ3v) is 2.55. The average molecular weight is 245 g/mol. The van der Waals surface area contributed by atoms with Crippen LogP contribution in [0.5, 0.6) is 11.6 Å². The highest BCUT2D eigenvalue weighted by Crippen LogP contribution is 2.27. The van der Waals surface area contributed by atoms with Gasteiger partial charge in [0.05, 0.1) is 12.7 Å². The van der Waals surface area contributed by atoms with Crippen LogP contribution in [-0.2, 0) is 6.61 Å². The largest absolute Gasteiger partial charge is 0.439 e. The van der Waals surface area contributed by atoms with Crippen LogP contribution in [0.1, 0.15) is 24.2 Å². The quantitative estimate of drug-likeness (QED) is 0.868. The number of hydrogen-bond acceptors (Lipinski definition) is 4. The van der Waals surface area contributed by atoms with Crippen LogP contribution in [0.15, 0.2) is 42.6 Å². The average Bonchev–Trinajstić information content (AvgIpc) is 2.39. The van der Waals surface area contributed by atoms with Crippen LogP contribution in [-0.4, -0.2) is 15.2 Å². The molecule has 1 atom stereocenters. The van der Waals surface area contributed by atoms with E-state index >= 15 is 0 Å². The second-order valence-corrected chi connectivity index (χ2v) is 3.98. The molecule has 2 aromatic rings. The lowest BCUT2D eigenvalue weighted by molar-refractivity contribution is 0.194. The molecule has 0 fully saturated rings. The highest BCUT2D eigenvalue weighted by molar-refractivity contribution is 5.35. The Morgan fingerprint density at radius 1 is 1.28 bits per heavy atom. The molecular weight excluding hydrogens is 230 g/mol. The molecular formula is C14H15NO3. The SMILES string of the molecule is C[C@@H](O)c1cccnc1Oc1cccc(CO)c1. The molecule has 0 aliphatic carbocycles. The molecule has 0 aliphatic heterocycles. The van der Waals surface area contributed by atoms with Gasteiger partial charge >= 0.3 is 0 Å². The number of aliphatic hydroxyl groups excluding tert-OH is 2. The number of hydrogen-bond donors (Lipinski definition) is 2. The summed E-state index contributed by atoms with van der Waals surface area (Å²) in [5, 5.41) is 18.7. The first-order valence-electron chi connectivity index (χ1n) is 5.71. The molecule has 2 N–H and O–H groups in total. The Labute approximate surface area is 106 Å². The third kappa shape index (κ3) is 2.85. The van der Waals surface area contributed by atoms with E-state index in [-0.39, 0.29) is 6.61 Å². The van der Waals surface area contributed by atoms with Crippen LogP contribution in [0.2, 0.25) is 0 Å². The summed E-state index contributed by atoms with van der Waals surface area (Å²) in [5.74, 6) is 0.963. The number of rotatable bonds is 4. The van der Waals surface area contributed by atoms with Crippen molar-refractivity contribution >= 4 is 0 Å². The Kier molecular flexibility index (Phi) is 3.92. The van der Waals surface area contributed by atoms with Crippen molar-refractivity contribution in [3.05, 3.63) is 53.7 Å². The number of aliphatic hydroxyl groups is 2. The van der Waals surface area contributed by atoms with Crippen LogP contribution in [0, 0.1) is 0 Å². The van der Waals surface area contributed by atoms with E-state index in [1.165, 1.54) is 0 Å². The molecule has 1 heterocycles. The highest BCUT2D eigenvalue weighted by Gasteiger charge is 2.10. The van der Waals surface area contributed by atoms with Crippen LogP contribution >= 0.6 is 0 Å². The first-order chi connectivity index (χ1) is 8.70. The van der Waals surface area contributed by atoms with Crippen molar-refractivity contribution in [1.82, 2.24) is 4.98 Å². The fraction of sp³-hybridized carbons (Fsp3) is 0.214. The summed E-state index contributed by atoms with van der Waals surface area (Å²) in [6, 6.07) is 10.6. The molecule has 4 nitrogen and oxygen atoms in total. The molecule has 18 heavy (non-hydrogen) atoms. The van der Waals surface area contributed by atoms with E-state index in [0.717, 1.165) is 5.56 Å². The van der Waals surface area contributed by atoms with Gasteiger partial charge in [0.1, 0.15) is 5.75 Å². The molecule has 0 bridgehead atoms. The van der Waals surface area contributed by atoms with Crippen LogP contribution in [0.25, 0.3) is 0 Å². The smallest absolute Gasteiger partial charge is 0.225 e. The predicted molar refractivity (Wildman–Crippen MR) is 67.3 cm³/mol. The van der Waals surface area contributed by atoms with Gasteiger partial charge in [0, 0.05) is 11.8 Å². The minimum absolute atomic E-state index is 0.0390. The van der Waals surface area contributed by atoms with Crippen LogP contribution in [0.3, 0.4) is 0 Å². The van der Waals surface area contributed by atoms with Crippen molar-refractivity contribution in [2.24, 2.45) is 0 Å². The maximum atomic E-state index is 9.62. The maximum absolute atomic E-state index is 9.62. The Balaban J connectivity index is 2.28. The maximum Gasteiger partial charge on any atom is 0.225 e. The highest BCUT2D eigenvalue weighted by atomic mass is 16.5. The Morgan fingerprint density at radius 3 is 2.83 bits per heavy atom. The van der Waals surface area contributed by atoms with Crippen molar-refractivity contribution in [2.75, 3.05) is 0 Å². The molecule has 0 aliphatic rings. The minimum Gasteiger partial charge on any atom is -0.439 e. The van der Waals surface area contributed by atoms with Crippen molar-refractivity contribution in [1.29, 1.82) is 0 Å². The summed E-state index contributed by atoms with van der Waals surface area (Å²) in [4.78, 5) is 4.11. The van der Waals surface area contributed by atoms with Crippen LogP contribution < -0.4 is 4.74 Å². The molecule has 4 heteroatoms. The van der Waals surface area contributed by atoms with E-state index in [1.54, 1.807) is 49.5 Å². The predicted octanol–water partition coefficient (Wildman–Crippen LogP) is 2.42. The first kappa shape index (κ1) is 12.5. The van der Waals surface area contributed by atoms with Crippen molar-refractivity contribution in [3.8, 4) is 11.6 Å². The van der Waals surface area contributed by atoms with Gasteiger partial charge in [-0.05, 0) is 36.8 Å². The van der Waals surface area contributed by atoms with Gasteiger partial charge in [-0.25, -0.2) is 4.98 Å². The fourth-order valence-corrected chi connectivity index (χ4v) is 1.63. The molecule has 0 unspecified atom stereocenters. The number of nitrogens with zero attached hydrogens (tertiary/aromatic N) is 1. The Morgan fingerprint density at radius 2 is 2.11 bits per heavy atom. The molecule has 0 saturated carbocycles. The van der Waals surface area contributed by atoms with Crippen molar-refractivity contribution in [2.45, 2.75) is 19.6 Å². The summed E-state index contributed by atoms with van der Waals surface area (Å²) in [5.41, 5.74) is 1.40.